The fourth-order valence-electron chi connectivity index (χ4n) is 3.48. The van der Waals surface area contributed by atoms with Gasteiger partial charge < -0.3 is 10.6 Å². The monoisotopic (exact) mass is 449 g/mol. The van der Waals surface area contributed by atoms with Crippen molar-refractivity contribution in [2.24, 2.45) is 0 Å². The third-order valence-corrected chi connectivity index (χ3v) is 7.31. The fourth-order valence-corrected chi connectivity index (χ4v) is 5.41. The molecule has 0 radical (unpaired) electrons. The van der Waals surface area contributed by atoms with Gasteiger partial charge in [0, 0.05) is 19.1 Å². The first kappa shape index (κ1) is 22.3. The summed E-state index contributed by atoms with van der Waals surface area (Å²) in [7, 11) is -3.60. The highest BCUT2D eigenvalue weighted by Crippen LogP contribution is 2.26. The van der Waals surface area contributed by atoms with Crippen molar-refractivity contribution < 1.29 is 18.0 Å². The van der Waals surface area contributed by atoms with E-state index in [2.05, 4.69) is 10.6 Å². The third kappa shape index (κ3) is 5.38. The lowest BCUT2D eigenvalue weighted by atomic mass is 10.0. The first-order valence-electron chi connectivity index (χ1n) is 9.80. The Labute approximate surface area is 181 Å². The minimum absolute atomic E-state index is 0.195. The lowest BCUT2D eigenvalue weighted by Crippen LogP contribution is -2.45. The quantitative estimate of drug-likeness (QED) is 0.662. The molecule has 1 atom stereocenters. The van der Waals surface area contributed by atoms with Crippen LogP contribution in [0.15, 0.2) is 59.5 Å². The summed E-state index contributed by atoms with van der Waals surface area (Å²) in [5.41, 5.74) is 0.353. The number of nitrogens with one attached hydrogen (secondary N) is 2. The summed E-state index contributed by atoms with van der Waals surface area (Å²) in [6, 6.07) is 14.7. The Kier molecular flexibility index (Phi) is 7.47. The van der Waals surface area contributed by atoms with Crippen molar-refractivity contribution in [3.05, 3.63) is 59.6 Å². The van der Waals surface area contributed by atoms with Crippen molar-refractivity contribution in [3.63, 3.8) is 0 Å². The van der Waals surface area contributed by atoms with Gasteiger partial charge in [0.1, 0.15) is 0 Å². The molecule has 0 spiro atoms. The van der Waals surface area contributed by atoms with E-state index in [1.54, 1.807) is 54.6 Å². The highest BCUT2D eigenvalue weighted by atomic mass is 35.5. The number of halogens is 1. The zero-order valence-electron chi connectivity index (χ0n) is 16.4. The van der Waals surface area contributed by atoms with Gasteiger partial charge in [0.15, 0.2) is 0 Å². The molecule has 0 saturated carbocycles. The molecule has 2 amide bonds. The number of amides is 2. The molecule has 1 aliphatic rings. The molecule has 9 heteroatoms. The SMILES string of the molecule is O=C(NCCC1CCCCN1S(=O)(=O)c1ccccc1)C(=O)Nc1ccccc1Cl. The molecule has 30 heavy (non-hydrogen) atoms. The maximum absolute atomic E-state index is 13.0. The van der Waals surface area contributed by atoms with Crippen LogP contribution in [-0.2, 0) is 19.6 Å². The summed E-state index contributed by atoms with van der Waals surface area (Å²) >= 11 is 5.98. The van der Waals surface area contributed by atoms with Crippen LogP contribution >= 0.6 is 11.6 Å². The molecule has 2 aromatic rings. The van der Waals surface area contributed by atoms with Gasteiger partial charge in [-0.1, -0.05) is 48.4 Å². The number of hydrogen-bond acceptors (Lipinski definition) is 4. The maximum Gasteiger partial charge on any atom is 0.313 e. The number of rotatable bonds is 6. The molecule has 7 nitrogen and oxygen atoms in total. The number of carbonyl (C=O) groups excluding carboxylic acids is 2. The van der Waals surface area contributed by atoms with E-state index in [1.165, 1.54) is 4.31 Å². The predicted octanol–water partition coefficient (Wildman–Crippen LogP) is 3.03. The van der Waals surface area contributed by atoms with Gasteiger partial charge >= 0.3 is 11.8 Å². The van der Waals surface area contributed by atoms with Crippen LogP contribution in [0.4, 0.5) is 5.69 Å². The fraction of sp³-hybridized carbons (Fsp3) is 0.333. The van der Waals surface area contributed by atoms with Crippen LogP contribution in [0.2, 0.25) is 5.02 Å². The smallest absolute Gasteiger partial charge is 0.313 e. The molecular weight excluding hydrogens is 426 g/mol. The number of sulfonamides is 1. The van der Waals surface area contributed by atoms with Gasteiger partial charge in [-0.2, -0.15) is 4.31 Å². The minimum Gasteiger partial charge on any atom is -0.348 e. The Bertz CT molecular complexity index is 998. The van der Waals surface area contributed by atoms with E-state index < -0.39 is 21.8 Å². The Morgan fingerprint density at radius 1 is 1.00 bits per heavy atom. The van der Waals surface area contributed by atoms with Crippen LogP contribution in [-0.4, -0.2) is 43.7 Å². The molecule has 0 aliphatic carbocycles. The Morgan fingerprint density at radius 2 is 1.70 bits per heavy atom. The number of anilines is 1. The Balaban J connectivity index is 1.57. The number of piperidine rings is 1. The number of para-hydroxylation sites is 1. The maximum atomic E-state index is 13.0. The van der Waals surface area contributed by atoms with E-state index in [1.807, 2.05) is 0 Å². The first-order chi connectivity index (χ1) is 14.4. The van der Waals surface area contributed by atoms with Crippen LogP contribution in [0.5, 0.6) is 0 Å². The molecule has 160 valence electrons. The molecule has 0 bridgehead atoms. The number of benzene rings is 2. The molecule has 3 rings (SSSR count). The zero-order chi connectivity index (χ0) is 21.6. The van der Waals surface area contributed by atoms with E-state index in [-0.39, 0.29) is 17.5 Å². The molecule has 1 unspecified atom stereocenters. The standard InChI is InChI=1S/C21H24ClN3O4S/c22-18-11-4-5-12-19(18)24-21(27)20(26)23-14-13-16-8-6-7-15-25(16)30(28,29)17-9-2-1-3-10-17/h1-5,9-12,16H,6-8,13-15H2,(H,23,26)(H,24,27). The second-order valence-corrected chi connectivity index (χ2v) is 9.35. The van der Waals surface area contributed by atoms with E-state index >= 15 is 0 Å². The van der Waals surface area contributed by atoms with Crippen molar-refractivity contribution in [3.8, 4) is 0 Å². The van der Waals surface area contributed by atoms with E-state index in [9.17, 15) is 18.0 Å². The number of hydrogen-bond donors (Lipinski definition) is 2. The second kappa shape index (κ2) is 10.1. The van der Waals surface area contributed by atoms with Crippen molar-refractivity contribution in [2.45, 2.75) is 36.6 Å². The lowest BCUT2D eigenvalue weighted by molar-refractivity contribution is -0.136. The van der Waals surface area contributed by atoms with Gasteiger partial charge in [0.05, 0.1) is 15.6 Å². The summed E-state index contributed by atoms with van der Waals surface area (Å²) in [6.45, 7) is 0.642. The van der Waals surface area contributed by atoms with Gasteiger partial charge in [-0.15, -0.1) is 0 Å². The second-order valence-electron chi connectivity index (χ2n) is 7.06. The first-order valence-corrected chi connectivity index (χ1v) is 11.6. The highest BCUT2D eigenvalue weighted by molar-refractivity contribution is 7.89. The van der Waals surface area contributed by atoms with E-state index in [4.69, 9.17) is 11.6 Å². The van der Waals surface area contributed by atoms with Gasteiger partial charge in [-0.05, 0) is 43.5 Å². The largest absolute Gasteiger partial charge is 0.348 e. The topological polar surface area (TPSA) is 95.6 Å². The lowest BCUT2D eigenvalue weighted by Gasteiger charge is -2.34. The Hall–Kier alpha value is -2.42. The molecule has 1 heterocycles. The zero-order valence-corrected chi connectivity index (χ0v) is 18.0. The summed E-state index contributed by atoms with van der Waals surface area (Å²) in [5.74, 6) is -1.61. The van der Waals surface area contributed by atoms with Crippen molar-refractivity contribution in [2.75, 3.05) is 18.4 Å². The molecule has 2 aromatic carbocycles. The van der Waals surface area contributed by atoms with Crippen LogP contribution in [0.25, 0.3) is 0 Å². The average Bonchev–Trinajstić information content (AvgIpc) is 2.76. The highest BCUT2D eigenvalue weighted by Gasteiger charge is 2.33. The predicted molar refractivity (Wildman–Crippen MR) is 116 cm³/mol. The summed E-state index contributed by atoms with van der Waals surface area (Å²) in [4.78, 5) is 24.4. The number of nitrogens with zero attached hydrogens (tertiary/aromatic N) is 1. The van der Waals surface area contributed by atoms with Gasteiger partial charge in [-0.3, -0.25) is 9.59 Å². The van der Waals surface area contributed by atoms with Crippen molar-refractivity contribution >= 4 is 39.1 Å². The molecular formula is C21H24ClN3O4S. The summed E-state index contributed by atoms with van der Waals surface area (Å²) in [5, 5.41) is 5.37. The van der Waals surface area contributed by atoms with Gasteiger partial charge in [0.2, 0.25) is 10.0 Å². The molecule has 0 aromatic heterocycles. The van der Waals surface area contributed by atoms with E-state index in [0.29, 0.717) is 30.1 Å². The third-order valence-electron chi connectivity index (χ3n) is 5.01. The van der Waals surface area contributed by atoms with Gasteiger partial charge in [0.25, 0.3) is 0 Å². The minimum atomic E-state index is -3.60. The normalized spacial score (nSPS) is 17.3. The van der Waals surface area contributed by atoms with Crippen LogP contribution in [0.1, 0.15) is 25.7 Å². The molecule has 1 aliphatic heterocycles. The van der Waals surface area contributed by atoms with Gasteiger partial charge in [-0.25, -0.2) is 8.42 Å². The van der Waals surface area contributed by atoms with Crippen LogP contribution < -0.4 is 10.6 Å². The Morgan fingerprint density at radius 3 is 2.43 bits per heavy atom. The molecule has 1 fully saturated rings. The van der Waals surface area contributed by atoms with Crippen molar-refractivity contribution in [1.29, 1.82) is 0 Å². The summed E-state index contributed by atoms with van der Waals surface area (Å²) < 4.78 is 27.5. The van der Waals surface area contributed by atoms with Crippen molar-refractivity contribution in [1.82, 2.24) is 9.62 Å². The van der Waals surface area contributed by atoms with E-state index in [0.717, 1.165) is 12.8 Å². The number of carbonyl (C=O) groups is 2. The summed E-state index contributed by atoms with van der Waals surface area (Å²) in [6.07, 6.45) is 2.87. The van der Waals surface area contributed by atoms with Crippen LogP contribution in [0.3, 0.4) is 0 Å². The molecule has 1 saturated heterocycles. The average molecular weight is 450 g/mol. The van der Waals surface area contributed by atoms with Crippen LogP contribution in [0, 0.1) is 0 Å². The molecule has 2 N–H and O–H groups in total.